The van der Waals surface area contributed by atoms with Crippen molar-refractivity contribution < 1.29 is 0 Å². The maximum Gasteiger partial charge on any atom is 0.0601 e. The molecule has 0 fully saturated rings. The van der Waals surface area contributed by atoms with Gasteiger partial charge in [-0.3, -0.25) is 4.98 Å². The molecule has 88 valence electrons. The lowest BCUT2D eigenvalue weighted by molar-refractivity contribution is 0.796. The molecule has 3 heteroatoms. The van der Waals surface area contributed by atoms with Crippen molar-refractivity contribution in [3.05, 3.63) is 36.2 Å². The Kier molecular flexibility index (Phi) is 4.99. The van der Waals surface area contributed by atoms with Crippen LogP contribution in [0.15, 0.2) is 30.6 Å². The first kappa shape index (κ1) is 12.7. The average molecular weight is 219 g/mol. The number of rotatable bonds is 6. The summed E-state index contributed by atoms with van der Waals surface area (Å²) < 4.78 is 0. The highest BCUT2D eigenvalue weighted by Crippen LogP contribution is 2.19. The van der Waals surface area contributed by atoms with Gasteiger partial charge in [0.15, 0.2) is 0 Å². The van der Waals surface area contributed by atoms with Gasteiger partial charge < -0.3 is 10.2 Å². The number of nitrogens with one attached hydrogen (secondary N) is 1. The minimum atomic E-state index is 0.866. The third-order valence-corrected chi connectivity index (χ3v) is 2.44. The van der Waals surface area contributed by atoms with E-state index in [0.29, 0.717) is 0 Å². The summed E-state index contributed by atoms with van der Waals surface area (Å²) in [4.78, 5) is 6.50. The maximum atomic E-state index is 4.20. The van der Waals surface area contributed by atoms with Crippen LogP contribution in [0.4, 0.5) is 5.69 Å². The first-order valence-electron chi connectivity index (χ1n) is 5.65. The normalized spacial score (nSPS) is 10.2. The Morgan fingerprint density at radius 3 is 2.88 bits per heavy atom. The highest BCUT2D eigenvalue weighted by molar-refractivity contribution is 5.52. The van der Waals surface area contributed by atoms with Gasteiger partial charge in [0.2, 0.25) is 0 Å². The van der Waals surface area contributed by atoms with Crippen molar-refractivity contribution in [2.45, 2.75) is 20.4 Å². The predicted octanol–water partition coefficient (Wildman–Crippen LogP) is 2.20. The molecule has 1 aromatic heterocycles. The minimum absolute atomic E-state index is 0.866. The topological polar surface area (TPSA) is 28.2 Å². The van der Waals surface area contributed by atoms with Crippen molar-refractivity contribution in [2.75, 3.05) is 25.0 Å². The molecule has 3 nitrogen and oxygen atoms in total. The average Bonchev–Trinajstić information content (AvgIpc) is 2.27. The van der Waals surface area contributed by atoms with Crippen molar-refractivity contribution in [3.63, 3.8) is 0 Å². The number of hydrogen-bond donors (Lipinski definition) is 1. The van der Waals surface area contributed by atoms with E-state index in [1.54, 1.807) is 0 Å². The maximum absolute atomic E-state index is 4.20. The second kappa shape index (κ2) is 6.28. The van der Waals surface area contributed by atoms with E-state index in [1.165, 1.54) is 16.8 Å². The molecule has 1 rings (SSSR count). The van der Waals surface area contributed by atoms with E-state index in [2.05, 4.69) is 41.7 Å². The van der Waals surface area contributed by atoms with Crippen LogP contribution in [-0.4, -0.2) is 25.1 Å². The summed E-state index contributed by atoms with van der Waals surface area (Å²) in [5, 5.41) is 3.18. The van der Waals surface area contributed by atoms with Crippen LogP contribution in [0.3, 0.4) is 0 Å². The monoisotopic (exact) mass is 219 g/mol. The van der Waals surface area contributed by atoms with Crippen LogP contribution in [0, 0.1) is 0 Å². The third-order valence-electron chi connectivity index (χ3n) is 2.44. The second-order valence-electron chi connectivity index (χ2n) is 4.01. The molecule has 0 saturated heterocycles. The number of anilines is 1. The van der Waals surface area contributed by atoms with E-state index in [1.807, 2.05) is 19.4 Å². The molecular weight excluding hydrogens is 198 g/mol. The SMILES string of the molecule is C=C(C)CN(CC)c1cnccc1CNC. The molecule has 1 heterocycles. The molecule has 0 aromatic carbocycles. The summed E-state index contributed by atoms with van der Waals surface area (Å²) in [5.41, 5.74) is 3.64. The standard InChI is InChI=1S/C13H21N3/c1-5-16(10-11(2)3)13-9-15-7-6-12(13)8-14-4/h6-7,9,14H,2,5,8,10H2,1,3-4H3. The van der Waals surface area contributed by atoms with Gasteiger partial charge in [0.25, 0.3) is 0 Å². The van der Waals surface area contributed by atoms with Crippen molar-refractivity contribution in [1.29, 1.82) is 0 Å². The van der Waals surface area contributed by atoms with Gasteiger partial charge in [-0.15, -0.1) is 0 Å². The molecule has 0 unspecified atom stereocenters. The molecule has 0 atom stereocenters. The van der Waals surface area contributed by atoms with Gasteiger partial charge in [-0.1, -0.05) is 12.2 Å². The highest BCUT2D eigenvalue weighted by Gasteiger charge is 2.09. The molecule has 0 bridgehead atoms. The Balaban J connectivity index is 2.94. The van der Waals surface area contributed by atoms with E-state index < -0.39 is 0 Å². The fourth-order valence-electron chi connectivity index (χ4n) is 1.73. The van der Waals surface area contributed by atoms with Gasteiger partial charge in [-0.25, -0.2) is 0 Å². The summed E-state index contributed by atoms with van der Waals surface area (Å²) in [7, 11) is 1.96. The van der Waals surface area contributed by atoms with Crippen molar-refractivity contribution in [1.82, 2.24) is 10.3 Å². The summed E-state index contributed by atoms with van der Waals surface area (Å²) in [6.07, 6.45) is 3.77. The van der Waals surface area contributed by atoms with Crippen LogP contribution in [0.1, 0.15) is 19.4 Å². The molecule has 0 radical (unpaired) electrons. The molecule has 0 aliphatic rings. The number of likely N-dealkylation sites (N-methyl/N-ethyl adjacent to an activating group) is 1. The van der Waals surface area contributed by atoms with Gasteiger partial charge in [0.1, 0.15) is 0 Å². The van der Waals surface area contributed by atoms with Crippen LogP contribution >= 0.6 is 0 Å². The molecule has 16 heavy (non-hydrogen) atoms. The summed E-state index contributed by atoms with van der Waals surface area (Å²) in [6, 6.07) is 2.06. The number of aromatic nitrogens is 1. The lowest BCUT2D eigenvalue weighted by Gasteiger charge is -2.25. The fourth-order valence-corrected chi connectivity index (χ4v) is 1.73. The molecule has 0 amide bonds. The van der Waals surface area contributed by atoms with Gasteiger partial charge in [0, 0.05) is 25.8 Å². The molecule has 0 aliphatic heterocycles. The summed E-state index contributed by atoms with van der Waals surface area (Å²) in [5.74, 6) is 0. The van der Waals surface area contributed by atoms with Crippen LogP contribution in [0.25, 0.3) is 0 Å². The summed E-state index contributed by atoms with van der Waals surface area (Å²) in [6.45, 7) is 10.9. The van der Waals surface area contributed by atoms with Gasteiger partial charge in [-0.05, 0) is 32.5 Å². The fraction of sp³-hybridized carbons (Fsp3) is 0.462. The first-order chi connectivity index (χ1) is 7.69. The second-order valence-corrected chi connectivity index (χ2v) is 4.01. The van der Waals surface area contributed by atoms with Crippen LogP contribution in [0.5, 0.6) is 0 Å². The zero-order valence-electron chi connectivity index (χ0n) is 10.5. The van der Waals surface area contributed by atoms with Gasteiger partial charge in [-0.2, -0.15) is 0 Å². The molecule has 0 saturated carbocycles. The minimum Gasteiger partial charge on any atom is -0.366 e. The predicted molar refractivity (Wildman–Crippen MR) is 69.7 cm³/mol. The molecule has 1 aromatic rings. The van der Waals surface area contributed by atoms with E-state index in [-0.39, 0.29) is 0 Å². The Bertz CT molecular complexity index is 347. The molecule has 1 N–H and O–H groups in total. The van der Waals surface area contributed by atoms with E-state index >= 15 is 0 Å². The largest absolute Gasteiger partial charge is 0.366 e. The van der Waals surface area contributed by atoms with E-state index in [0.717, 1.165) is 19.6 Å². The lowest BCUT2D eigenvalue weighted by Crippen LogP contribution is -2.26. The Morgan fingerprint density at radius 2 is 2.31 bits per heavy atom. The Morgan fingerprint density at radius 1 is 1.56 bits per heavy atom. The van der Waals surface area contributed by atoms with E-state index in [4.69, 9.17) is 0 Å². The van der Waals surface area contributed by atoms with Crippen LogP contribution < -0.4 is 10.2 Å². The molecular formula is C13H21N3. The van der Waals surface area contributed by atoms with E-state index in [9.17, 15) is 0 Å². The third kappa shape index (κ3) is 3.35. The van der Waals surface area contributed by atoms with Gasteiger partial charge >= 0.3 is 0 Å². The van der Waals surface area contributed by atoms with Crippen molar-refractivity contribution >= 4 is 5.69 Å². The zero-order valence-corrected chi connectivity index (χ0v) is 10.5. The molecule has 0 aliphatic carbocycles. The lowest BCUT2D eigenvalue weighted by atomic mass is 10.2. The highest BCUT2D eigenvalue weighted by atomic mass is 15.1. The Hall–Kier alpha value is -1.35. The number of hydrogen-bond acceptors (Lipinski definition) is 3. The zero-order chi connectivity index (χ0) is 12.0. The first-order valence-corrected chi connectivity index (χ1v) is 5.65. The smallest absolute Gasteiger partial charge is 0.0601 e. The number of pyridine rings is 1. The number of nitrogens with zero attached hydrogens (tertiary/aromatic N) is 2. The van der Waals surface area contributed by atoms with Gasteiger partial charge in [0.05, 0.1) is 11.9 Å². The molecule has 0 spiro atoms. The Labute approximate surface area is 98.2 Å². The van der Waals surface area contributed by atoms with Crippen LogP contribution in [0.2, 0.25) is 0 Å². The van der Waals surface area contributed by atoms with Crippen molar-refractivity contribution in [3.8, 4) is 0 Å². The quantitative estimate of drug-likeness (QED) is 0.743. The van der Waals surface area contributed by atoms with Crippen LogP contribution in [-0.2, 0) is 6.54 Å². The van der Waals surface area contributed by atoms with Crippen molar-refractivity contribution in [2.24, 2.45) is 0 Å². The summed E-state index contributed by atoms with van der Waals surface area (Å²) >= 11 is 0.